The zero-order valence-electron chi connectivity index (χ0n) is 18.7. The molecule has 0 bridgehead atoms. The molecule has 4 aliphatic rings. The molecule has 0 N–H and O–H groups in total. The number of hydrogen-bond donors (Lipinski definition) is 0. The van der Waals surface area contributed by atoms with Crippen LogP contribution in [-0.2, 0) is 26.1 Å². The average molecular weight is 504 g/mol. The average Bonchev–Trinajstić information content (AvgIpc) is 3.51. The maximum Gasteiger partial charge on any atom is 0.417 e. The number of rotatable bonds is 2. The Kier molecular flexibility index (Phi) is 4.70. The Morgan fingerprint density at radius 2 is 1.83 bits per heavy atom. The molecule has 2 aromatic carbocycles. The standard InChI is InChI=1S/C25H21ClF3N3O3/c1-2-30-17-7-4-3-6-14(17)24(23(30)35)20-19(18-8-5-11-31(18)24)21(33)32(22(20)34)13-9-10-16(26)15(12-13)25(27,28)29/h3-4,6-7,9-10,12,18-20H,2,5,8,11H2,1H3/t18-,19-,20-,24-/m0/s1. The molecular weight excluding hydrogens is 483 g/mol. The van der Waals surface area contributed by atoms with Crippen molar-refractivity contribution in [3.05, 3.63) is 58.6 Å². The van der Waals surface area contributed by atoms with E-state index in [9.17, 15) is 27.6 Å². The lowest BCUT2D eigenvalue weighted by molar-refractivity contribution is -0.137. The van der Waals surface area contributed by atoms with Crippen LogP contribution in [0.1, 0.15) is 30.9 Å². The monoisotopic (exact) mass is 503 g/mol. The van der Waals surface area contributed by atoms with E-state index in [4.69, 9.17) is 11.6 Å². The van der Waals surface area contributed by atoms with E-state index < -0.39 is 46.0 Å². The van der Waals surface area contributed by atoms with E-state index in [-0.39, 0.29) is 17.6 Å². The molecule has 10 heteroatoms. The molecule has 4 aliphatic heterocycles. The minimum atomic E-state index is -4.75. The molecule has 0 aromatic heterocycles. The fraction of sp³-hybridized carbons (Fsp3) is 0.400. The lowest BCUT2D eigenvalue weighted by atomic mass is 9.75. The number of hydrogen-bond acceptors (Lipinski definition) is 4. The highest BCUT2D eigenvalue weighted by Gasteiger charge is 2.75. The summed E-state index contributed by atoms with van der Waals surface area (Å²) in [6.45, 7) is 2.81. The molecule has 0 aliphatic carbocycles. The maximum atomic E-state index is 14.1. The number of halogens is 4. The van der Waals surface area contributed by atoms with Crippen LogP contribution in [0.15, 0.2) is 42.5 Å². The molecule has 6 nitrogen and oxygen atoms in total. The van der Waals surface area contributed by atoms with Crippen LogP contribution >= 0.6 is 11.6 Å². The van der Waals surface area contributed by atoms with Crippen molar-refractivity contribution in [1.82, 2.24) is 4.90 Å². The molecule has 3 saturated heterocycles. The highest BCUT2D eigenvalue weighted by atomic mass is 35.5. The van der Waals surface area contributed by atoms with Gasteiger partial charge >= 0.3 is 6.18 Å². The number of carbonyl (C=O) groups excluding carboxylic acids is 3. The van der Waals surface area contributed by atoms with Gasteiger partial charge in [-0.15, -0.1) is 0 Å². The van der Waals surface area contributed by atoms with Gasteiger partial charge in [-0.2, -0.15) is 13.2 Å². The van der Waals surface area contributed by atoms with Gasteiger partial charge in [0.05, 0.1) is 28.1 Å². The van der Waals surface area contributed by atoms with Crippen LogP contribution < -0.4 is 9.80 Å². The largest absolute Gasteiger partial charge is 0.417 e. The number of nitrogens with zero attached hydrogens (tertiary/aromatic N) is 3. The summed E-state index contributed by atoms with van der Waals surface area (Å²) < 4.78 is 40.6. The summed E-state index contributed by atoms with van der Waals surface area (Å²) in [5.41, 5.74) is -1.26. The van der Waals surface area contributed by atoms with Crippen molar-refractivity contribution >= 4 is 40.7 Å². The second-order valence-corrected chi connectivity index (χ2v) is 9.82. The summed E-state index contributed by atoms with van der Waals surface area (Å²) in [5, 5.41) is -0.516. The van der Waals surface area contributed by atoms with Crippen LogP contribution in [0.2, 0.25) is 5.02 Å². The van der Waals surface area contributed by atoms with Gasteiger partial charge in [0.1, 0.15) is 5.54 Å². The van der Waals surface area contributed by atoms with Crippen molar-refractivity contribution in [1.29, 1.82) is 0 Å². The number of amides is 3. The molecule has 4 heterocycles. The molecule has 35 heavy (non-hydrogen) atoms. The zero-order valence-corrected chi connectivity index (χ0v) is 19.4. The van der Waals surface area contributed by atoms with Crippen molar-refractivity contribution in [2.45, 2.75) is 37.5 Å². The van der Waals surface area contributed by atoms with E-state index in [1.165, 1.54) is 6.07 Å². The Morgan fingerprint density at radius 3 is 2.54 bits per heavy atom. The topological polar surface area (TPSA) is 60.9 Å². The van der Waals surface area contributed by atoms with Crippen LogP contribution in [0.4, 0.5) is 24.5 Å². The Balaban J connectivity index is 1.53. The van der Waals surface area contributed by atoms with E-state index in [1.807, 2.05) is 30.0 Å². The van der Waals surface area contributed by atoms with Crippen LogP contribution in [0.25, 0.3) is 0 Å². The van der Waals surface area contributed by atoms with E-state index in [0.717, 1.165) is 23.5 Å². The van der Waals surface area contributed by atoms with Crippen molar-refractivity contribution in [3.8, 4) is 0 Å². The predicted octanol–water partition coefficient (Wildman–Crippen LogP) is 4.20. The van der Waals surface area contributed by atoms with Crippen LogP contribution in [0.5, 0.6) is 0 Å². The molecule has 4 atom stereocenters. The lowest BCUT2D eigenvalue weighted by Gasteiger charge is -2.37. The molecule has 0 radical (unpaired) electrons. The second-order valence-electron chi connectivity index (χ2n) is 9.41. The van der Waals surface area contributed by atoms with E-state index in [0.29, 0.717) is 30.8 Å². The molecule has 0 unspecified atom stereocenters. The normalized spacial score (nSPS) is 30.0. The Bertz CT molecular complexity index is 1300. The minimum absolute atomic E-state index is 0.183. The first kappa shape index (κ1) is 22.5. The summed E-state index contributed by atoms with van der Waals surface area (Å²) in [6.07, 6.45) is -3.36. The van der Waals surface area contributed by atoms with Gasteiger partial charge in [-0.05, 0) is 50.6 Å². The predicted molar refractivity (Wildman–Crippen MR) is 122 cm³/mol. The Hall–Kier alpha value is -2.91. The number of benzene rings is 2. The van der Waals surface area contributed by atoms with Gasteiger partial charge < -0.3 is 4.90 Å². The molecule has 182 valence electrons. The molecule has 6 rings (SSSR count). The smallest absolute Gasteiger partial charge is 0.310 e. The van der Waals surface area contributed by atoms with E-state index in [1.54, 1.807) is 11.0 Å². The fourth-order valence-corrected chi connectivity index (χ4v) is 7.00. The van der Waals surface area contributed by atoms with Gasteiger partial charge in [0, 0.05) is 23.8 Å². The number of para-hydroxylation sites is 1. The third-order valence-electron chi connectivity index (χ3n) is 7.97. The first-order valence-corrected chi connectivity index (χ1v) is 11.9. The van der Waals surface area contributed by atoms with Crippen molar-refractivity contribution in [3.63, 3.8) is 0 Å². The van der Waals surface area contributed by atoms with Gasteiger partial charge in [0.25, 0.3) is 5.91 Å². The highest BCUT2D eigenvalue weighted by Crippen LogP contribution is 2.61. The number of fused-ring (bicyclic) bond motifs is 7. The second kappa shape index (κ2) is 7.30. The lowest BCUT2D eigenvalue weighted by Crippen LogP contribution is -2.56. The van der Waals surface area contributed by atoms with Crippen LogP contribution in [-0.4, -0.2) is 41.8 Å². The third-order valence-corrected chi connectivity index (χ3v) is 8.30. The van der Waals surface area contributed by atoms with E-state index >= 15 is 0 Å². The van der Waals surface area contributed by atoms with Gasteiger partial charge in [-0.25, -0.2) is 4.90 Å². The molecule has 3 amide bonds. The van der Waals surface area contributed by atoms with Crippen molar-refractivity contribution < 1.29 is 27.6 Å². The zero-order chi connectivity index (χ0) is 24.9. The summed E-state index contributed by atoms with van der Waals surface area (Å²) in [7, 11) is 0. The highest BCUT2D eigenvalue weighted by molar-refractivity contribution is 6.32. The van der Waals surface area contributed by atoms with Crippen LogP contribution in [0, 0.1) is 11.8 Å². The Labute approximate surface area is 204 Å². The SMILES string of the molecule is CCN1C(=O)[C@]2(c3ccccc31)[C@@H]1C(=O)N(c3ccc(Cl)c(C(F)(F)F)c3)C(=O)[C@H]1[C@@H]1CCCN12. The number of imide groups is 1. The quantitative estimate of drug-likeness (QED) is 0.576. The van der Waals surface area contributed by atoms with Crippen molar-refractivity contribution in [2.75, 3.05) is 22.9 Å². The molecule has 2 aromatic rings. The van der Waals surface area contributed by atoms with Gasteiger partial charge in [-0.3, -0.25) is 19.3 Å². The fourth-order valence-electron chi connectivity index (χ4n) is 6.78. The maximum absolute atomic E-state index is 14.1. The van der Waals surface area contributed by atoms with Gasteiger partial charge in [0.2, 0.25) is 11.8 Å². The molecule has 1 spiro atoms. The summed E-state index contributed by atoms with van der Waals surface area (Å²) in [6, 6.07) is 9.96. The Morgan fingerprint density at radius 1 is 1.09 bits per heavy atom. The number of carbonyl (C=O) groups is 3. The van der Waals surface area contributed by atoms with Gasteiger partial charge in [-0.1, -0.05) is 29.8 Å². The van der Waals surface area contributed by atoms with Crippen molar-refractivity contribution in [2.24, 2.45) is 11.8 Å². The van der Waals surface area contributed by atoms with Gasteiger partial charge in [0.15, 0.2) is 0 Å². The minimum Gasteiger partial charge on any atom is -0.310 e. The third kappa shape index (κ3) is 2.68. The number of alkyl halides is 3. The molecule has 0 saturated carbocycles. The van der Waals surface area contributed by atoms with E-state index in [2.05, 4.69) is 0 Å². The summed E-state index contributed by atoms with van der Waals surface area (Å²) in [4.78, 5) is 46.3. The summed E-state index contributed by atoms with van der Waals surface area (Å²) >= 11 is 5.77. The number of anilines is 2. The molecular formula is C25H21ClF3N3O3. The summed E-state index contributed by atoms with van der Waals surface area (Å²) in [5.74, 6) is -3.30. The number of likely N-dealkylation sites (N-methyl/N-ethyl adjacent to an activating group) is 1. The first-order chi connectivity index (χ1) is 16.6. The molecule has 3 fully saturated rings. The first-order valence-electron chi connectivity index (χ1n) is 11.6. The van der Waals surface area contributed by atoms with Crippen LogP contribution in [0.3, 0.4) is 0 Å².